The number of rotatable bonds is 4. The fraction of sp³-hybridized carbons (Fsp3) is 0.214. The van der Waals surface area contributed by atoms with Gasteiger partial charge in [-0.05, 0) is 17.7 Å². The molecule has 0 saturated heterocycles. The number of alkyl halides is 3. The summed E-state index contributed by atoms with van der Waals surface area (Å²) in [4.78, 5) is 29.0. The molecule has 0 fully saturated rings. The van der Waals surface area contributed by atoms with Gasteiger partial charge in [-0.25, -0.2) is 13.4 Å². The van der Waals surface area contributed by atoms with Gasteiger partial charge in [-0.1, -0.05) is 12.1 Å². The molecule has 1 aromatic heterocycles. The number of H-pyrrole nitrogens is 1. The van der Waals surface area contributed by atoms with E-state index in [1.807, 2.05) is 4.98 Å². The van der Waals surface area contributed by atoms with Crippen molar-refractivity contribution in [2.24, 2.45) is 0 Å². The van der Waals surface area contributed by atoms with Crippen LogP contribution in [0.3, 0.4) is 0 Å². The van der Waals surface area contributed by atoms with E-state index in [1.54, 1.807) is 0 Å². The minimum absolute atomic E-state index is 0.125. The lowest BCUT2D eigenvalue weighted by Crippen LogP contribution is -2.27. The third-order valence-electron chi connectivity index (χ3n) is 3.04. The number of nitrogens with zero attached hydrogens (tertiary/aromatic N) is 1. The Hall–Kier alpha value is -2.69. The first kappa shape index (κ1) is 18.6. The van der Waals surface area contributed by atoms with Crippen molar-refractivity contribution < 1.29 is 26.4 Å². The largest absolute Gasteiger partial charge is 0.416 e. The number of amides is 1. The molecule has 1 heterocycles. The highest BCUT2D eigenvalue weighted by atomic mass is 32.2. The lowest BCUT2D eigenvalue weighted by molar-refractivity contribution is -0.137. The van der Waals surface area contributed by atoms with E-state index in [0.29, 0.717) is 5.56 Å². The van der Waals surface area contributed by atoms with Gasteiger partial charge in [0.25, 0.3) is 11.5 Å². The first-order valence-corrected chi connectivity index (χ1v) is 8.62. The molecule has 1 amide bonds. The number of sulfone groups is 1. The Kier molecular flexibility index (Phi) is 4.97. The van der Waals surface area contributed by atoms with Gasteiger partial charge < -0.3 is 5.32 Å². The van der Waals surface area contributed by atoms with Crippen molar-refractivity contribution in [2.75, 3.05) is 6.26 Å². The van der Waals surface area contributed by atoms with Gasteiger partial charge in [0.2, 0.25) is 15.0 Å². The standard InChI is InChI=1S/C14H12F3N3O4S/c1-25(23,24)13-19-10(6-11(21)20-13)12(22)18-7-8-2-4-9(5-3-8)14(15,16)17/h2-6H,7H2,1H3,(H,18,22)(H,19,20,21). The number of nitrogens with one attached hydrogen (secondary N) is 2. The molecule has 0 radical (unpaired) electrons. The zero-order valence-electron chi connectivity index (χ0n) is 12.7. The van der Waals surface area contributed by atoms with Crippen LogP contribution in [0.4, 0.5) is 13.2 Å². The Morgan fingerprint density at radius 3 is 2.36 bits per heavy atom. The fourth-order valence-electron chi connectivity index (χ4n) is 1.81. The Morgan fingerprint density at radius 2 is 1.84 bits per heavy atom. The molecule has 0 bridgehead atoms. The zero-order valence-corrected chi connectivity index (χ0v) is 13.5. The molecular weight excluding hydrogens is 363 g/mol. The van der Waals surface area contributed by atoms with E-state index >= 15 is 0 Å². The van der Waals surface area contributed by atoms with Crippen molar-refractivity contribution >= 4 is 15.7 Å². The SMILES string of the molecule is CS(=O)(=O)c1nc(C(=O)NCc2ccc(C(F)(F)F)cc2)cc(=O)[nH]1. The third kappa shape index (κ3) is 4.89. The van der Waals surface area contributed by atoms with Crippen LogP contribution in [0.1, 0.15) is 21.6 Å². The Balaban J connectivity index is 2.13. The van der Waals surface area contributed by atoms with E-state index in [9.17, 15) is 31.2 Å². The molecule has 0 aliphatic carbocycles. The molecular formula is C14H12F3N3O4S. The second-order valence-corrected chi connectivity index (χ2v) is 7.02. The van der Waals surface area contributed by atoms with E-state index in [4.69, 9.17) is 0 Å². The van der Waals surface area contributed by atoms with Crippen molar-refractivity contribution in [1.29, 1.82) is 0 Å². The van der Waals surface area contributed by atoms with Crippen LogP contribution in [0.15, 0.2) is 40.3 Å². The lowest BCUT2D eigenvalue weighted by atomic mass is 10.1. The molecule has 0 unspecified atom stereocenters. The van der Waals surface area contributed by atoms with Crippen LogP contribution in [-0.4, -0.2) is 30.5 Å². The van der Waals surface area contributed by atoms with Crippen LogP contribution in [0, 0.1) is 0 Å². The topological polar surface area (TPSA) is 109 Å². The maximum atomic E-state index is 12.5. The molecule has 0 aliphatic heterocycles. The summed E-state index contributed by atoms with van der Waals surface area (Å²) in [6.07, 6.45) is -3.64. The molecule has 2 rings (SSSR count). The summed E-state index contributed by atoms with van der Waals surface area (Å²) in [5, 5.41) is 1.70. The summed E-state index contributed by atoms with van der Waals surface area (Å²) in [5.41, 5.74) is -1.68. The molecule has 134 valence electrons. The Bertz CT molecular complexity index is 951. The fourth-order valence-corrected chi connectivity index (χ4v) is 2.36. The number of aromatic amines is 1. The number of carbonyl (C=O) groups excluding carboxylic acids is 1. The number of hydrogen-bond acceptors (Lipinski definition) is 5. The quantitative estimate of drug-likeness (QED) is 0.779. The summed E-state index contributed by atoms with van der Waals surface area (Å²) in [7, 11) is -3.82. The molecule has 11 heteroatoms. The van der Waals surface area contributed by atoms with Crippen LogP contribution in [0.5, 0.6) is 0 Å². The third-order valence-corrected chi connectivity index (χ3v) is 3.93. The van der Waals surface area contributed by atoms with Crippen molar-refractivity contribution in [1.82, 2.24) is 15.3 Å². The molecule has 0 spiro atoms. The summed E-state index contributed by atoms with van der Waals surface area (Å²) in [6.45, 7) is -0.125. The predicted octanol–water partition coefficient (Wildman–Crippen LogP) is 1.12. The molecule has 0 atom stereocenters. The molecule has 2 N–H and O–H groups in total. The zero-order chi connectivity index (χ0) is 18.8. The van der Waals surface area contributed by atoms with Crippen molar-refractivity contribution in [3.05, 3.63) is 57.5 Å². The van der Waals surface area contributed by atoms with Crippen molar-refractivity contribution in [3.63, 3.8) is 0 Å². The van der Waals surface area contributed by atoms with Crippen LogP contribution in [0.25, 0.3) is 0 Å². The van der Waals surface area contributed by atoms with Gasteiger partial charge in [0.1, 0.15) is 5.69 Å². The number of aromatic nitrogens is 2. The first-order chi connectivity index (χ1) is 11.5. The monoisotopic (exact) mass is 375 g/mol. The van der Waals surface area contributed by atoms with Gasteiger partial charge >= 0.3 is 6.18 Å². The van der Waals surface area contributed by atoms with E-state index in [0.717, 1.165) is 24.5 Å². The summed E-state index contributed by atoms with van der Waals surface area (Å²) >= 11 is 0. The summed E-state index contributed by atoms with van der Waals surface area (Å²) < 4.78 is 60.2. The molecule has 1 aromatic carbocycles. The van der Waals surface area contributed by atoms with Crippen LogP contribution < -0.4 is 10.9 Å². The van der Waals surface area contributed by atoms with Crippen molar-refractivity contribution in [2.45, 2.75) is 17.9 Å². The minimum atomic E-state index is -4.46. The maximum absolute atomic E-state index is 12.5. The number of carbonyl (C=O) groups is 1. The minimum Gasteiger partial charge on any atom is -0.347 e. The van der Waals surface area contributed by atoms with Gasteiger partial charge in [0.15, 0.2) is 0 Å². The maximum Gasteiger partial charge on any atom is 0.416 e. The average Bonchev–Trinajstić information content (AvgIpc) is 2.50. The Labute approximate surface area is 139 Å². The van der Waals surface area contributed by atoms with Gasteiger partial charge in [0, 0.05) is 18.9 Å². The highest BCUT2D eigenvalue weighted by Gasteiger charge is 2.29. The number of benzene rings is 1. The Morgan fingerprint density at radius 1 is 1.24 bits per heavy atom. The van der Waals surface area contributed by atoms with Gasteiger partial charge in [0.05, 0.1) is 5.56 Å². The summed E-state index contributed by atoms with van der Waals surface area (Å²) in [5.74, 6) is -0.837. The van der Waals surface area contributed by atoms with E-state index in [2.05, 4.69) is 10.3 Å². The molecule has 25 heavy (non-hydrogen) atoms. The van der Waals surface area contributed by atoms with E-state index in [1.165, 1.54) is 12.1 Å². The number of hydrogen-bond donors (Lipinski definition) is 2. The van der Waals surface area contributed by atoms with Crippen LogP contribution >= 0.6 is 0 Å². The molecule has 0 aliphatic rings. The van der Waals surface area contributed by atoms with E-state index < -0.39 is 43.9 Å². The van der Waals surface area contributed by atoms with E-state index in [-0.39, 0.29) is 6.54 Å². The van der Waals surface area contributed by atoms with Gasteiger partial charge in [-0.3, -0.25) is 14.6 Å². The van der Waals surface area contributed by atoms with Gasteiger partial charge in [-0.15, -0.1) is 0 Å². The second kappa shape index (κ2) is 6.67. The molecule has 2 aromatic rings. The normalized spacial score (nSPS) is 12.0. The van der Waals surface area contributed by atoms with Crippen LogP contribution in [-0.2, 0) is 22.6 Å². The second-order valence-electron chi connectivity index (χ2n) is 5.09. The molecule has 7 nitrogen and oxygen atoms in total. The van der Waals surface area contributed by atoms with Gasteiger partial charge in [-0.2, -0.15) is 13.2 Å². The highest BCUT2D eigenvalue weighted by Crippen LogP contribution is 2.29. The summed E-state index contributed by atoms with van der Waals surface area (Å²) in [6, 6.07) is 4.94. The van der Waals surface area contributed by atoms with Crippen LogP contribution in [0.2, 0.25) is 0 Å². The predicted molar refractivity (Wildman–Crippen MR) is 80.6 cm³/mol. The highest BCUT2D eigenvalue weighted by molar-refractivity contribution is 7.90. The van der Waals surface area contributed by atoms with Crippen molar-refractivity contribution in [3.8, 4) is 0 Å². The number of halogens is 3. The lowest BCUT2D eigenvalue weighted by Gasteiger charge is -2.08. The molecule has 0 saturated carbocycles. The average molecular weight is 375 g/mol. The first-order valence-electron chi connectivity index (χ1n) is 6.72. The smallest absolute Gasteiger partial charge is 0.347 e.